The fourth-order valence-corrected chi connectivity index (χ4v) is 4.98. The minimum Gasteiger partial charge on any atom is -0.324 e. The fourth-order valence-electron chi connectivity index (χ4n) is 4.74. The zero-order valence-electron chi connectivity index (χ0n) is 17.5. The van der Waals surface area contributed by atoms with Gasteiger partial charge in [-0.25, -0.2) is 0 Å². The Labute approximate surface area is 192 Å². The van der Waals surface area contributed by atoms with E-state index in [1.54, 1.807) is 0 Å². The van der Waals surface area contributed by atoms with Crippen LogP contribution in [0.15, 0.2) is 36.4 Å². The van der Waals surface area contributed by atoms with Gasteiger partial charge in [0.05, 0.1) is 0 Å². The summed E-state index contributed by atoms with van der Waals surface area (Å²) in [6.07, 6.45) is 7.54. The molecule has 4 nitrogen and oxygen atoms in total. The minimum atomic E-state index is -0.212. The van der Waals surface area contributed by atoms with Crippen molar-refractivity contribution in [2.24, 2.45) is 5.92 Å². The van der Waals surface area contributed by atoms with E-state index >= 15 is 0 Å². The summed E-state index contributed by atoms with van der Waals surface area (Å²) in [6, 6.07) is 12.6. The molecule has 1 fully saturated rings. The van der Waals surface area contributed by atoms with E-state index in [-0.39, 0.29) is 17.9 Å². The molecule has 0 unspecified atom stereocenters. The highest BCUT2D eigenvalue weighted by Gasteiger charge is 2.30. The van der Waals surface area contributed by atoms with Crippen LogP contribution >= 0.6 is 23.2 Å². The highest BCUT2D eigenvalue weighted by Crippen LogP contribution is 2.48. The summed E-state index contributed by atoms with van der Waals surface area (Å²) in [7, 11) is 0. The van der Waals surface area contributed by atoms with Crippen molar-refractivity contribution >= 4 is 52.1 Å². The monoisotopic (exact) mass is 457 g/mol. The Hall–Kier alpha value is -2.39. The predicted molar refractivity (Wildman–Crippen MR) is 124 cm³/mol. The average Bonchev–Trinajstić information content (AvgIpc) is 3.13. The lowest BCUT2D eigenvalue weighted by molar-refractivity contribution is -0.191. The van der Waals surface area contributed by atoms with Crippen molar-refractivity contribution in [1.82, 2.24) is 0 Å². The second-order valence-electron chi connectivity index (χ2n) is 8.02. The first-order valence-corrected chi connectivity index (χ1v) is 11.4. The number of anilines is 1. The van der Waals surface area contributed by atoms with Crippen molar-refractivity contribution in [1.29, 1.82) is 0 Å². The van der Waals surface area contributed by atoms with Gasteiger partial charge in [-0.1, -0.05) is 60.7 Å². The molecule has 0 saturated heterocycles. The van der Waals surface area contributed by atoms with Gasteiger partial charge in [-0.2, -0.15) is 9.59 Å². The standard InChI is InChI=1S/C24H25Cl2NO.CO2/c1-15-7-9-19-17(11-15)12-21(24(19)16-5-3-2-4-6-16)20-10-8-18(26)13-22(20)27-23(28)14-25;2-1-3/h7-11,13,16H,2-6,12,14H2,1H3,(H,27,28);. The van der Waals surface area contributed by atoms with Gasteiger partial charge in [-0.3, -0.25) is 4.79 Å². The topological polar surface area (TPSA) is 63.2 Å². The van der Waals surface area contributed by atoms with Gasteiger partial charge in [-0.05, 0) is 66.5 Å². The number of aryl methyl sites for hydroxylation is 1. The van der Waals surface area contributed by atoms with Crippen LogP contribution in [0, 0.1) is 12.8 Å². The van der Waals surface area contributed by atoms with E-state index in [0.29, 0.717) is 10.9 Å². The third-order valence-electron chi connectivity index (χ3n) is 5.96. The van der Waals surface area contributed by atoms with Crippen molar-refractivity contribution in [2.45, 2.75) is 45.4 Å². The van der Waals surface area contributed by atoms with Gasteiger partial charge in [0.25, 0.3) is 0 Å². The molecule has 2 aliphatic rings. The smallest absolute Gasteiger partial charge is 0.324 e. The molecule has 0 radical (unpaired) electrons. The molecule has 1 amide bonds. The van der Waals surface area contributed by atoms with Gasteiger partial charge < -0.3 is 5.32 Å². The maximum Gasteiger partial charge on any atom is 0.373 e. The maximum atomic E-state index is 12.0. The highest BCUT2D eigenvalue weighted by molar-refractivity contribution is 6.31. The van der Waals surface area contributed by atoms with Crippen molar-refractivity contribution in [2.75, 3.05) is 11.2 Å². The molecule has 1 N–H and O–H groups in total. The Morgan fingerprint density at radius 2 is 1.74 bits per heavy atom. The molecule has 2 aliphatic carbocycles. The Kier molecular flexibility index (Phi) is 8.09. The molecular formula is C25H25Cl2NO3. The normalized spacial score (nSPS) is 15.6. The van der Waals surface area contributed by atoms with E-state index in [9.17, 15) is 4.79 Å². The number of carbonyl (C=O) groups excluding carboxylic acids is 3. The number of hydrogen-bond donors (Lipinski definition) is 1. The lowest BCUT2D eigenvalue weighted by Gasteiger charge is -2.26. The number of nitrogens with one attached hydrogen (secondary N) is 1. The molecule has 1 saturated carbocycles. The molecule has 31 heavy (non-hydrogen) atoms. The first-order chi connectivity index (χ1) is 15.0. The molecule has 2 aromatic rings. The van der Waals surface area contributed by atoms with Crippen LogP contribution in [0.2, 0.25) is 5.02 Å². The van der Waals surface area contributed by atoms with E-state index in [4.69, 9.17) is 32.8 Å². The number of amides is 1. The summed E-state index contributed by atoms with van der Waals surface area (Å²) in [5, 5.41) is 3.56. The van der Waals surface area contributed by atoms with Crippen molar-refractivity contribution in [3.63, 3.8) is 0 Å². The first kappa shape index (κ1) is 23.3. The van der Waals surface area contributed by atoms with Gasteiger partial charge in [0.1, 0.15) is 5.88 Å². The number of hydrogen-bond acceptors (Lipinski definition) is 3. The quantitative estimate of drug-likeness (QED) is 0.548. The van der Waals surface area contributed by atoms with Crippen LogP contribution in [0.5, 0.6) is 0 Å². The summed E-state index contributed by atoms with van der Waals surface area (Å²) in [4.78, 5) is 28.3. The van der Waals surface area contributed by atoms with Gasteiger partial charge >= 0.3 is 6.15 Å². The Morgan fingerprint density at radius 1 is 1.06 bits per heavy atom. The van der Waals surface area contributed by atoms with Crippen molar-refractivity contribution in [3.05, 3.63) is 63.7 Å². The molecular weight excluding hydrogens is 433 g/mol. The molecule has 2 aromatic carbocycles. The lowest BCUT2D eigenvalue weighted by atomic mass is 9.79. The van der Waals surface area contributed by atoms with Crippen LogP contribution in [0.25, 0.3) is 11.1 Å². The van der Waals surface area contributed by atoms with Gasteiger partial charge in [-0.15, -0.1) is 11.6 Å². The summed E-state index contributed by atoms with van der Waals surface area (Å²) < 4.78 is 0. The molecule has 0 aliphatic heterocycles. The Morgan fingerprint density at radius 3 is 2.42 bits per heavy atom. The molecule has 6 heteroatoms. The summed E-state index contributed by atoms with van der Waals surface area (Å²) in [5.41, 5.74) is 8.68. The van der Waals surface area contributed by atoms with Crippen molar-refractivity contribution < 1.29 is 14.4 Å². The molecule has 0 bridgehead atoms. The fraction of sp³-hybridized carbons (Fsp3) is 0.360. The molecule has 0 aromatic heterocycles. The number of carbonyl (C=O) groups is 1. The zero-order valence-corrected chi connectivity index (χ0v) is 19.0. The highest BCUT2D eigenvalue weighted by atomic mass is 35.5. The van der Waals surface area contributed by atoms with Crippen LogP contribution in [0.4, 0.5) is 5.69 Å². The number of rotatable bonds is 4. The number of fused-ring (bicyclic) bond motifs is 1. The van der Waals surface area contributed by atoms with Crippen molar-refractivity contribution in [3.8, 4) is 0 Å². The predicted octanol–water partition coefficient (Wildman–Crippen LogP) is 6.29. The van der Waals surface area contributed by atoms with Crippen LogP contribution in [-0.4, -0.2) is 17.9 Å². The van der Waals surface area contributed by atoms with Crippen LogP contribution in [0.3, 0.4) is 0 Å². The number of allylic oxidation sites excluding steroid dienone is 2. The van der Waals surface area contributed by atoms with E-state index < -0.39 is 0 Å². The van der Waals surface area contributed by atoms with Gasteiger partial charge in [0.15, 0.2) is 0 Å². The number of alkyl halides is 1. The summed E-state index contributed by atoms with van der Waals surface area (Å²) in [5.74, 6) is 0.302. The van der Waals surface area contributed by atoms with E-state index in [2.05, 4.69) is 30.4 Å². The summed E-state index contributed by atoms with van der Waals surface area (Å²) in [6.45, 7) is 2.15. The van der Waals surface area contributed by atoms with Crippen LogP contribution in [0.1, 0.15) is 54.4 Å². The van der Waals surface area contributed by atoms with Gasteiger partial charge in [0, 0.05) is 16.3 Å². The Bertz CT molecular complexity index is 1030. The molecule has 0 atom stereocenters. The molecule has 4 rings (SSSR count). The second kappa shape index (κ2) is 10.8. The van der Waals surface area contributed by atoms with Crippen LogP contribution < -0.4 is 5.32 Å². The largest absolute Gasteiger partial charge is 0.373 e. The van der Waals surface area contributed by atoms with Crippen LogP contribution in [-0.2, 0) is 20.8 Å². The molecule has 162 valence electrons. The minimum absolute atomic E-state index is 0.0695. The SMILES string of the molecule is Cc1ccc2c(c1)CC(c1ccc(Cl)cc1NC(=O)CCl)=C2C1CCCCC1.O=C=O. The number of benzene rings is 2. The van der Waals surface area contributed by atoms with E-state index in [1.165, 1.54) is 59.9 Å². The molecule has 0 heterocycles. The third-order valence-corrected chi connectivity index (χ3v) is 6.44. The van der Waals surface area contributed by atoms with E-state index in [0.717, 1.165) is 17.7 Å². The lowest BCUT2D eigenvalue weighted by Crippen LogP contribution is -2.14. The number of halogens is 2. The first-order valence-electron chi connectivity index (χ1n) is 10.5. The Balaban J connectivity index is 0.000000858. The van der Waals surface area contributed by atoms with E-state index in [1.807, 2.05) is 18.2 Å². The third kappa shape index (κ3) is 5.46. The zero-order chi connectivity index (χ0) is 22.4. The molecule has 0 spiro atoms. The summed E-state index contributed by atoms with van der Waals surface area (Å²) >= 11 is 12.0. The second-order valence-corrected chi connectivity index (χ2v) is 8.72. The maximum absolute atomic E-state index is 12.0. The average molecular weight is 458 g/mol. The van der Waals surface area contributed by atoms with Gasteiger partial charge in [0.2, 0.25) is 5.91 Å².